The van der Waals surface area contributed by atoms with E-state index in [1.165, 1.54) is 18.2 Å². The van der Waals surface area contributed by atoms with E-state index in [2.05, 4.69) is 0 Å². The molecule has 0 aliphatic rings. The number of hydrogen-bond donors (Lipinski definition) is 0. The zero-order chi connectivity index (χ0) is 14.3. The van der Waals surface area contributed by atoms with Crippen LogP contribution in [0.15, 0.2) is 18.2 Å². The van der Waals surface area contributed by atoms with Gasteiger partial charge in [-0.3, -0.25) is 10.1 Å². The molecule has 6 nitrogen and oxygen atoms in total. The number of ether oxygens (including phenoxy) is 3. The van der Waals surface area contributed by atoms with Crippen LogP contribution in [0.4, 0.5) is 5.69 Å². The van der Waals surface area contributed by atoms with Crippen LogP contribution in [0.3, 0.4) is 0 Å². The molecule has 7 heteroatoms. The third kappa shape index (κ3) is 5.02. The summed E-state index contributed by atoms with van der Waals surface area (Å²) in [6, 6.07) is 4.18. The van der Waals surface area contributed by atoms with Crippen LogP contribution in [-0.2, 0) is 9.47 Å². The van der Waals surface area contributed by atoms with Crippen molar-refractivity contribution in [2.45, 2.75) is 20.1 Å². The maximum Gasteiger partial charge on any atom is 0.288 e. The van der Waals surface area contributed by atoms with E-state index >= 15 is 0 Å². The molecule has 1 rings (SSSR count). The van der Waals surface area contributed by atoms with Crippen LogP contribution < -0.4 is 4.74 Å². The zero-order valence-electron chi connectivity index (χ0n) is 10.8. The Labute approximate surface area is 116 Å². The van der Waals surface area contributed by atoms with Crippen molar-refractivity contribution in [3.05, 3.63) is 33.3 Å². The second kappa shape index (κ2) is 7.93. The van der Waals surface area contributed by atoms with E-state index in [0.717, 1.165) is 0 Å². The van der Waals surface area contributed by atoms with Gasteiger partial charge in [-0.1, -0.05) is 11.6 Å². The topological polar surface area (TPSA) is 70.8 Å². The fourth-order valence-corrected chi connectivity index (χ4v) is 1.65. The standard InChI is InChI=1S/C12H16ClNO5/c1-3-17-12(18-4-2)8-19-9-5-6-11(14(15)16)10(13)7-9/h5-7,12H,3-4,8H2,1-2H3. The molecule has 0 unspecified atom stereocenters. The first-order chi connectivity index (χ1) is 9.08. The van der Waals surface area contributed by atoms with Crippen molar-refractivity contribution in [2.75, 3.05) is 19.8 Å². The molecule has 0 aliphatic heterocycles. The summed E-state index contributed by atoms with van der Waals surface area (Å²) >= 11 is 5.78. The van der Waals surface area contributed by atoms with Crippen LogP contribution in [0.1, 0.15) is 13.8 Å². The highest BCUT2D eigenvalue weighted by atomic mass is 35.5. The Morgan fingerprint density at radius 3 is 2.42 bits per heavy atom. The van der Waals surface area contributed by atoms with Gasteiger partial charge in [0.1, 0.15) is 17.4 Å². The van der Waals surface area contributed by atoms with Gasteiger partial charge in [0.2, 0.25) is 0 Å². The molecule has 0 spiro atoms. The monoisotopic (exact) mass is 289 g/mol. The molecule has 106 valence electrons. The number of benzene rings is 1. The second-order valence-corrected chi connectivity index (χ2v) is 3.93. The Kier molecular flexibility index (Phi) is 6.55. The van der Waals surface area contributed by atoms with Crippen molar-refractivity contribution in [1.82, 2.24) is 0 Å². The first-order valence-corrected chi connectivity index (χ1v) is 6.26. The van der Waals surface area contributed by atoms with E-state index in [1.807, 2.05) is 13.8 Å². The number of nitro groups is 1. The second-order valence-electron chi connectivity index (χ2n) is 3.52. The molecule has 0 bridgehead atoms. The van der Waals surface area contributed by atoms with Gasteiger partial charge >= 0.3 is 0 Å². The van der Waals surface area contributed by atoms with Gasteiger partial charge in [0.25, 0.3) is 5.69 Å². The van der Waals surface area contributed by atoms with Gasteiger partial charge in [0, 0.05) is 25.3 Å². The van der Waals surface area contributed by atoms with Crippen molar-refractivity contribution in [2.24, 2.45) is 0 Å². The van der Waals surface area contributed by atoms with Crippen LogP contribution >= 0.6 is 11.6 Å². The lowest BCUT2D eigenvalue weighted by atomic mass is 10.3. The van der Waals surface area contributed by atoms with Gasteiger partial charge in [-0.15, -0.1) is 0 Å². The van der Waals surface area contributed by atoms with Crippen LogP contribution in [-0.4, -0.2) is 31.0 Å². The fourth-order valence-electron chi connectivity index (χ4n) is 1.41. The van der Waals surface area contributed by atoms with E-state index in [4.69, 9.17) is 25.8 Å². The average Bonchev–Trinajstić information content (AvgIpc) is 2.36. The maximum atomic E-state index is 10.6. The quantitative estimate of drug-likeness (QED) is 0.418. The lowest BCUT2D eigenvalue weighted by molar-refractivity contribution is -0.384. The third-order valence-corrected chi connectivity index (χ3v) is 2.51. The van der Waals surface area contributed by atoms with E-state index in [0.29, 0.717) is 19.0 Å². The van der Waals surface area contributed by atoms with Crippen molar-refractivity contribution >= 4 is 17.3 Å². The summed E-state index contributed by atoms with van der Waals surface area (Å²) < 4.78 is 16.0. The smallest absolute Gasteiger partial charge is 0.288 e. The highest BCUT2D eigenvalue weighted by molar-refractivity contribution is 6.32. The summed E-state index contributed by atoms with van der Waals surface area (Å²) in [4.78, 5) is 10.1. The fraction of sp³-hybridized carbons (Fsp3) is 0.500. The highest BCUT2D eigenvalue weighted by Gasteiger charge is 2.14. The molecule has 0 N–H and O–H groups in total. The number of nitro benzene ring substituents is 1. The first kappa shape index (κ1) is 15.7. The molecule has 0 fully saturated rings. The molecule has 0 aliphatic carbocycles. The molecule has 0 saturated carbocycles. The summed E-state index contributed by atoms with van der Waals surface area (Å²) in [5, 5.41) is 10.6. The largest absolute Gasteiger partial charge is 0.488 e. The van der Waals surface area contributed by atoms with Gasteiger partial charge in [-0.05, 0) is 19.9 Å². The Morgan fingerprint density at radius 2 is 1.95 bits per heavy atom. The van der Waals surface area contributed by atoms with Crippen molar-refractivity contribution in [3.63, 3.8) is 0 Å². The molecule has 19 heavy (non-hydrogen) atoms. The molecule has 0 aromatic heterocycles. The van der Waals surface area contributed by atoms with Crippen molar-refractivity contribution in [1.29, 1.82) is 0 Å². The Balaban J connectivity index is 2.62. The van der Waals surface area contributed by atoms with Gasteiger partial charge in [0.15, 0.2) is 6.29 Å². The van der Waals surface area contributed by atoms with E-state index in [9.17, 15) is 10.1 Å². The summed E-state index contributed by atoms with van der Waals surface area (Å²) in [6.45, 7) is 4.92. The summed E-state index contributed by atoms with van der Waals surface area (Å²) in [7, 11) is 0. The Morgan fingerprint density at radius 1 is 1.32 bits per heavy atom. The molecular weight excluding hydrogens is 274 g/mol. The summed E-state index contributed by atoms with van der Waals surface area (Å²) in [5.74, 6) is 0.431. The predicted octanol–water partition coefficient (Wildman–Crippen LogP) is 3.03. The number of nitrogens with zero attached hydrogens (tertiary/aromatic N) is 1. The minimum absolute atomic E-state index is 0.0341. The summed E-state index contributed by atoms with van der Waals surface area (Å²) in [6.07, 6.45) is -0.469. The van der Waals surface area contributed by atoms with Crippen molar-refractivity contribution in [3.8, 4) is 5.75 Å². The Hall–Kier alpha value is -1.37. The lowest BCUT2D eigenvalue weighted by Gasteiger charge is -2.17. The van der Waals surface area contributed by atoms with Crippen LogP contribution in [0, 0.1) is 10.1 Å². The number of halogens is 1. The van der Waals surface area contributed by atoms with E-state index < -0.39 is 11.2 Å². The predicted molar refractivity (Wildman–Crippen MR) is 70.6 cm³/mol. The number of hydrogen-bond acceptors (Lipinski definition) is 5. The minimum atomic E-state index is -0.546. The van der Waals surface area contributed by atoms with E-state index in [-0.39, 0.29) is 17.3 Å². The molecule has 0 atom stereocenters. The molecule has 0 radical (unpaired) electrons. The molecule has 1 aromatic carbocycles. The minimum Gasteiger partial charge on any atom is -0.488 e. The lowest BCUT2D eigenvalue weighted by Crippen LogP contribution is -2.25. The average molecular weight is 290 g/mol. The third-order valence-electron chi connectivity index (χ3n) is 2.21. The first-order valence-electron chi connectivity index (χ1n) is 5.88. The molecule has 0 heterocycles. The highest BCUT2D eigenvalue weighted by Crippen LogP contribution is 2.28. The van der Waals surface area contributed by atoms with Crippen LogP contribution in [0.2, 0.25) is 5.02 Å². The van der Waals surface area contributed by atoms with Crippen LogP contribution in [0.25, 0.3) is 0 Å². The SMILES string of the molecule is CCOC(COc1ccc([N+](=O)[O-])c(Cl)c1)OCC. The molecular formula is C12H16ClNO5. The van der Waals surface area contributed by atoms with Crippen molar-refractivity contribution < 1.29 is 19.1 Å². The van der Waals surface area contributed by atoms with Gasteiger partial charge in [-0.2, -0.15) is 0 Å². The van der Waals surface area contributed by atoms with Gasteiger partial charge in [-0.25, -0.2) is 0 Å². The molecule has 1 aromatic rings. The van der Waals surface area contributed by atoms with Gasteiger partial charge < -0.3 is 14.2 Å². The van der Waals surface area contributed by atoms with Gasteiger partial charge in [0.05, 0.1) is 4.92 Å². The Bertz CT molecular complexity index is 421. The zero-order valence-corrected chi connectivity index (χ0v) is 11.6. The maximum absolute atomic E-state index is 10.6. The summed E-state index contributed by atoms with van der Waals surface area (Å²) in [5.41, 5.74) is -0.153. The normalized spacial score (nSPS) is 10.7. The number of rotatable bonds is 8. The molecule has 0 saturated heterocycles. The van der Waals surface area contributed by atoms with E-state index in [1.54, 1.807) is 0 Å². The van der Waals surface area contributed by atoms with Crippen LogP contribution in [0.5, 0.6) is 5.75 Å². The molecule has 0 amide bonds.